The van der Waals surface area contributed by atoms with E-state index in [-0.39, 0.29) is 53.7 Å². The van der Waals surface area contributed by atoms with Crippen molar-refractivity contribution >= 4 is 17.5 Å². The van der Waals surface area contributed by atoms with Crippen LogP contribution in [0.4, 0.5) is 8.78 Å². The van der Waals surface area contributed by atoms with Gasteiger partial charge in [0.05, 0.1) is 7.11 Å². The second-order valence-corrected chi connectivity index (χ2v) is 11.4. The molecule has 0 heterocycles. The molecule has 174 valence electrons. The number of alkyl halides is 2. The molecule has 0 radical (unpaired) electrons. The molecule has 0 bridgehead atoms. The number of hydrogen-bond donors (Lipinski definition) is 0. The highest BCUT2D eigenvalue weighted by atomic mass is 19.3. The van der Waals surface area contributed by atoms with Crippen molar-refractivity contribution in [2.24, 2.45) is 46.3 Å². The van der Waals surface area contributed by atoms with E-state index in [1.807, 2.05) is 6.92 Å². The Morgan fingerprint density at radius 2 is 1.77 bits per heavy atom. The van der Waals surface area contributed by atoms with Crippen molar-refractivity contribution in [3.05, 3.63) is 0 Å². The van der Waals surface area contributed by atoms with Gasteiger partial charge in [0.1, 0.15) is 5.78 Å². The molecule has 4 aliphatic carbocycles. The number of methoxy groups -OCH3 is 1. The van der Waals surface area contributed by atoms with Crippen molar-refractivity contribution in [2.45, 2.75) is 84.5 Å². The molecule has 31 heavy (non-hydrogen) atoms. The summed E-state index contributed by atoms with van der Waals surface area (Å²) >= 11 is 0. The standard InChI is InChI=1S/C25H36F2O4/c1-14(5-8-21(30)31-4)16-6-7-17-22-18(9-10-23(16,17)2)24(3)13-25(26,27)20(29)12-15(24)11-19(22)28/h14-18,22H,5-13H2,1-4H3/t14-,15-,16-,17+,18+,22+,23-,24+/m1/s1. The van der Waals surface area contributed by atoms with E-state index >= 15 is 0 Å². The summed E-state index contributed by atoms with van der Waals surface area (Å²) in [5, 5.41) is 0. The number of esters is 1. The van der Waals surface area contributed by atoms with Gasteiger partial charge in [0, 0.05) is 31.6 Å². The van der Waals surface area contributed by atoms with Crippen LogP contribution < -0.4 is 0 Å². The molecule has 4 rings (SSSR count). The summed E-state index contributed by atoms with van der Waals surface area (Å²) in [6.45, 7) is 6.41. The van der Waals surface area contributed by atoms with E-state index in [2.05, 4.69) is 13.8 Å². The van der Waals surface area contributed by atoms with Crippen molar-refractivity contribution in [1.82, 2.24) is 0 Å². The molecule has 4 saturated carbocycles. The van der Waals surface area contributed by atoms with Gasteiger partial charge in [-0.25, -0.2) is 0 Å². The van der Waals surface area contributed by atoms with Crippen LogP contribution >= 0.6 is 0 Å². The normalized spacial score (nSPS) is 44.8. The molecule has 6 heteroatoms. The molecule has 0 N–H and O–H groups in total. The SMILES string of the molecule is COC(=O)CC[C@@H](C)[C@H]1CC[C@H]2[C@@H]3C(=O)C[C@@H]4CC(=O)C(F)(F)C[C@]4(C)[C@H]3CC[C@]12C. The minimum Gasteiger partial charge on any atom is -0.469 e. The zero-order valence-corrected chi connectivity index (χ0v) is 19.2. The van der Waals surface area contributed by atoms with Gasteiger partial charge in [0.15, 0.2) is 0 Å². The van der Waals surface area contributed by atoms with E-state index in [0.29, 0.717) is 18.3 Å². The first-order valence-electron chi connectivity index (χ1n) is 11.9. The van der Waals surface area contributed by atoms with E-state index in [4.69, 9.17) is 4.74 Å². The summed E-state index contributed by atoms with van der Waals surface area (Å²) in [6, 6.07) is 0. The van der Waals surface area contributed by atoms with E-state index < -0.39 is 23.5 Å². The third-order valence-corrected chi connectivity index (χ3v) is 10.1. The number of Topliss-reactive ketones (excluding diaryl/α,β-unsaturated/α-hetero) is 2. The number of fused-ring (bicyclic) bond motifs is 5. The number of rotatable bonds is 4. The molecule has 0 aromatic heterocycles. The van der Waals surface area contributed by atoms with Crippen LogP contribution in [-0.4, -0.2) is 30.6 Å². The fourth-order valence-electron chi connectivity index (χ4n) is 8.40. The quantitative estimate of drug-likeness (QED) is 0.564. The lowest BCUT2D eigenvalue weighted by atomic mass is 9.44. The highest BCUT2D eigenvalue weighted by molar-refractivity contribution is 5.89. The highest BCUT2D eigenvalue weighted by Crippen LogP contribution is 2.68. The summed E-state index contributed by atoms with van der Waals surface area (Å²) in [5.41, 5.74) is -0.644. The lowest BCUT2D eigenvalue weighted by Gasteiger charge is -2.60. The lowest BCUT2D eigenvalue weighted by Crippen LogP contribution is -2.60. The fraction of sp³-hybridized carbons (Fsp3) is 0.880. The molecule has 0 saturated heterocycles. The van der Waals surface area contributed by atoms with Gasteiger partial charge in [0.25, 0.3) is 0 Å². The summed E-state index contributed by atoms with van der Waals surface area (Å²) in [4.78, 5) is 36.9. The average Bonchev–Trinajstić information content (AvgIpc) is 3.05. The maximum atomic E-state index is 14.5. The Labute approximate surface area is 183 Å². The first-order chi connectivity index (χ1) is 14.4. The van der Waals surface area contributed by atoms with Gasteiger partial charge in [-0.1, -0.05) is 20.8 Å². The summed E-state index contributed by atoms with van der Waals surface area (Å²) in [5.74, 6) is -3.71. The zero-order valence-electron chi connectivity index (χ0n) is 19.2. The van der Waals surface area contributed by atoms with Crippen LogP contribution in [0.2, 0.25) is 0 Å². The molecule has 4 nitrogen and oxygen atoms in total. The summed E-state index contributed by atoms with van der Waals surface area (Å²) < 4.78 is 33.8. The van der Waals surface area contributed by atoms with Crippen molar-refractivity contribution < 1.29 is 27.9 Å². The fourth-order valence-corrected chi connectivity index (χ4v) is 8.40. The van der Waals surface area contributed by atoms with Crippen LogP contribution in [0.3, 0.4) is 0 Å². The van der Waals surface area contributed by atoms with Crippen molar-refractivity contribution in [3.63, 3.8) is 0 Å². The minimum absolute atomic E-state index is 0.00254. The highest BCUT2D eigenvalue weighted by Gasteiger charge is 2.66. The third kappa shape index (κ3) is 3.47. The van der Waals surface area contributed by atoms with E-state index in [1.54, 1.807) is 0 Å². The number of ketones is 2. The number of ether oxygens (including phenoxy) is 1. The predicted molar refractivity (Wildman–Crippen MR) is 111 cm³/mol. The van der Waals surface area contributed by atoms with Crippen LogP contribution in [-0.2, 0) is 19.1 Å². The molecule has 4 fully saturated rings. The van der Waals surface area contributed by atoms with Crippen LogP contribution in [0.25, 0.3) is 0 Å². The molecule has 0 amide bonds. The minimum atomic E-state index is -3.27. The topological polar surface area (TPSA) is 60.4 Å². The Balaban J connectivity index is 1.57. The molecule has 0 aromatic rings. The van der Waals surface area contributed by atoms with Gasteiger partial charge >= 0.3 is 11.9 Å². The average molecular weight is 439 g/mol. The van der Waals surface area contributed by atoms with Crippen LogP contribution in [0.1, 0.15) is 78.6 Å². The maximum absolute atomic E-state index is 14.5. The van der Waals surface area contributed by atoms with Gasteiger partial charge in [-0.2, -0.15) is 8.78 Å². The number of carbonyl (C=O) groups is 3. The molecule has 8 atom stereocenters. The molecule has 4 aliphatic rings. The maximum Gasteiger partial charge on any atom is 0.305 e. The van der Waals surface area contributed by atoms with Crippen LogP contribution in [0.15, 0.2) is 0 Å². The Bertz CT molecular complexity index is 779. The molecular weight excluding hydrogens is 402 g/mol. The van der Waals surface area contributed by atoms with Gasteiger partial charge in [-0.05, 0) is 72.5 Å². The second kappa shape index (κ2) is 7.62. The summed E-state index contributed by atoms with van der Waals surface area (Å²) in [7, 11) is 1.41. The largest absolute Gasteiger partial charge is 0.469 e. The monoisotopic (exact) mass is 438 g/mol. The lowest BCUT2D eigenvalue weighted by molar-refractivity contribution is -0.186. The van der Waals surface area contributed by atoms with Crippen LogP contribution in [0.5, 0.6) is 0 Å². The van der Waals surface area contributed by atoms with E-state index in [9.17, 15) is 23.2 Å². The molecular formula is C25H36F2O4. The molecule has 0 unspecified atom stereocenters. The first kappa shape index (κ1) is 22.8. The third-order valence-electron chi connectivity index (χ3n) is 10.1. The van der Waals surface area contributed by atoms with Crippen LogP contribution in [0, 0.1) is 46.3 Å². The second-order valence-electron chi connectivity index (χ2n) is 11.4. The Hall–Kier alpha value is -1.33. The van der Waals surface area contributed by atoms with Gasteiger partial charge in [-0.3, -0.25) is 14.4 Å². The number of carbonyl (C=O) groups excluding carboxylic acids is 3. The van der Waals surface area contributed by atoms with Crippen molar-refractivity contribution in [1.29, 1.82) is 0 Å². The first-order valence-corrected chi connectivity index (χ1v) is 11.9. The van der Waals surface area contributed by atoms with E-state index in [0.717, 1.165) is 32.1 Å². The van der Waals surface area contributed by atoms with Gasteiger partial charge in [-0.15, -0.1) is 0 Å². The Morgan fingerprint density at radius 3 is 2.45 bits per heavy atom. The molecule has 0 aromatic carbocycles. The predicted octanol–water partition coefficient (Wildman–Crippen LogP) is 5.23. The zero-order chi connectivity index (χ0) is 22.8. The smallest absolute Gasteiger partial charge is 0.305 e. The Kier molecular flexibility index (Phi) is 5.62. The molecule has 0 spiro atoms. The summed E-state index contributed by atoms with van der Waals surface area (Å²) in [6.07, 6.45) is 4.57. The molecule has 0 aliphatic heterocycles. The van der Waals surface area contributed by atoms with Gasteiger partial charge < -0.3 is 4.74 Å². The number of halogens is 2. The van der Waals surface area contributed by atoms with Crippen molar-refractivity contribution in [3.8, 4) is 0 Å². The van der Waals surface area contributed by atoms with Crippen molar-refractivity contribution in [2.75, 3.05) is 7.11 Å². The van der Waals surface area contributed by atoms with Gasteiger partial charge in [0.2, 0.25) is 5.78 Å². The number of hydrogen-bond acceptors (Lipinski definition) is 4. The Morgan fingerprint density at radius 1 is 1.10 bits per heavy atom. The van der Waals surface area contributed by atoms with E-state index in [1.165, 1.54) is 7.11 Å².